The summed E-state index contributed by atoms with van der Waals surface area (Å²) in [5.74, 6) is -0.369. The minimum absolute atomic E-state index is 0.117. The van der Waals surface area contributed by atoms with Crippen LogP contribution >= 0.6 is 0 Å². The zero-order chi connectivity index (χ0) is 18.1. The molecule has 0 N–H and O–H groups in total. The van der Waals surface area contributed by atoms with Crippen molar-refractivity contribution >= 4 is 17.6 Å². The van der Waals surface area contributed by atoms with Crippen LogP contribution in [0, 0.1) is 12.8 Å². The minimum atomic E-state index is -0.512. The third-order valence-electron chi connectivity index (χ3n) is 6.21. The van der Waals surface area contributed by atoms with Crippen molar-refractivity contribution < 1.29 is 14.3 Å². The summed E-state index contributed by atoms with van der Waals surface area (Å²) in [5, 5.41) is 0. The topological polar surface area (TPSA) is 62.7 Å². The van der Waals surface area contributed by atoms with Gasteiger partial charge in [-0.15, -0.1) is 0 Å². The summed E-state index contributed by atoms with van der Waals surface area (Å²) < 4.78 is 5.67. The molecule has 1 aliphatic carbocycles. The molecule has 1 aromatic heterocycles. The first-order valence-electron chi connectivity index (χ1n) is 9.75. The van der Waals surface area contributed by atoms with Gasteiger partial charge >= 0.3 is 5.97 Å². The molecule has 4 rings (SSSR count). The molecule has 2 aliphatic heterocycles. The number of hydrogen-bond acceptors (Lipinski definition) is 5. The van der Waals surface area contributed by atoms with E-state index in [1.807, 2.05) is 23.4 Å². The molecule has 3 fully saturated rings. The van der Waals surface area contributed by atoms with Crippen LogP contribution in [0.5, 0.6) is 0 Å². The molecule has 6 nitrogen and oxygen atoms in total. The minimum Gasteiger partial charge on any atom is -0.458 e. The normalized spacial score (nSPS) is 25.4. The predicted molar refractivity (Wildman–Crippen MR) is 97.8 cm³/mol. The number of ether oxygens (including phenoxy) is 1. The lowest BCUT2D eigenvalue weighted by molar-refractivity contribution is -0.151. The van der Waals surface area contributed by atoms with Gasteiger partial charge in [0.1, 0.15) is 5.60 Å². The zero-order valence-electron chi connectivity index (χ0n) is 15.4. The van der Waals surface area contributed by atoms with Gasteiger partial charge in [0.2, 0.25) is 5.91 Å². The maximum Gasteiger partial charge on any atom is 0.307 e. The summed E-state index contributed by atoms with van der Waals surface area (Å²) >= 11 is 0. The van der Waals surface area contributed by atoms with E-state index in [9.17, 15) is 9.59 Å². The van der Waals surface area contributed by atoms with E-state index in [1.54, 1.807) is 0 Å². The van der Waals surface area contributed by atoms with Crippen LogP contribution in [0.15, 0.2) is 18.5 Å². The fourth-order valence-electron chi connectivity index (χ4n) is 4.85. The largest absolute Gasteiger partial charge is 0.458 e. The molecule has 2 saturated heterocycles. The summed E-state index contributed by atoms with van der Waals surface area (Å²) in [5.41, 5.74) is 1.84. The number of pyridine rings is 1. The molecule has 1 atom stereocenters. The van der Waals surface area contributed by atoms with Crippen LogP contribution < -0.4 is 4.90 Å². The third-order valence-corrected chi connectivity index (χ3v) is 6.21. The van der Waals surface area contributed by atoms with E-state index < -0.39 is 5.60 Å². The second-order valence-electron chi connectivity index (χ2n) is 7.83. The highest BCUT2D eigenvalue weighted by atomic mass is 16.6. The Kier molecular flexibility index (Phi) is 4.59. The predicted octanol–water partition coefficient (Wildman–Crippen LogP) is 2.30. The highest BCUT2D eigenvalue weighted by Crippen LogP contribution is 2.46. The van der Waals surface area contributed by atoms with Gasteiger partial charge in [-0.05, 0) is 50.7 Å². The van der Waals surface area contributed by atoms with Gasteiger partial charge in [-0.3, -0.25) is 14.6 Å². The average Bonchev–Trinajstić information content (AvgIpc) is 3.13. The summed E-state index contributed by atoms with van der Waals surface area (Å²) in [4.78, 5) is 33.6. The zero-order valence-corrected chi connectivity index (χ0v) is 15.4. The first-order valence-corrected chi connectivity index (χ1v) is 9.75. The molecule has 26 heavy (non-hydrogen) atoms. The van der Waals surface area contributed by atoms with Crippen molar-refractivity contribution in [3.05, 3.63) is 24.0 Å². The lowest BCUT2D eigenvalue weighted by Crippen LogP contribution is -2.46. The number of hydrogen-bond donors (Lipinski definition) is 0. The van der Waals surface area contributed by atoms with Crippen molar-refractivity contribution in [3.8, 4) is 0 Å². The Labute approximate surface area is 154 Å². The Morgan fingerprint density at radius 1 is 1.19 bits per heavy atom. The fourth-order valence-corrected chi connectivity index (χ4v) is 4.85. The number of carbonyl (C=O) groups excluding carboxylic acids is 2. The van der Waals surface area contributed by atoms with Crippen molar-refractivity contribution in [3.63, 3.8) is 0 Å². The number of anilines is 1. The van der Waals surface area contributed by atoms with Gasteiger partial charge in [0.25, 0.3) is 0 Å². The Hall–Kier alpha value is -2.11. The molecule has 3 aliphatic rings. The van der Waals surface area contributed by atoms with E-state index in [0.717, 1.165) is 57.3 Å². The molecule has 0 aromatic carbocycles. The Balaban J connectivity index is 1.46. The lowest BCUT2D eigenvalue weighted by Gasteiger charge is -2.32. The SMILES string of the molecule is Cc1cnccc1N1CCCN(C(=O)C2CC(=O)OC23CCCC3)CC1. The highest BCUT2D eigenvalue weighted by Gasteiger charge is 2.54. The van der Waals surface area contributed by atoms with Crippen molar-refractivity contribution in [2.45, 2.75) is 51.0 Å². The van der Waals surface area contributed by atoms with E-state index in [4.69, 9.17) is 4.74 Å². The average molecular weight is 357 g/mol. The monoisotopic (exact) mass is 357 g/mol. The van der Waals surface area contributed by atoms with Crippen LogP contribution in [0.3, 0.4) is 0 Å². The van der Waals surface area contributed by atoms with Gasteiger partial charge in [0.15, 0.2) is 0 Å². The Bertz CT molecular complexity index is 699. The molecule has 6 heteroatoms. The Morgan fingerprint density at radius 3 is 2.77 bits per heavy atom. The summed E-state index contributed by atoms with van der Waals surface area (Å²) in [6, 6.07) is 2.05. The molecule has 1 unspecified atom stereocenters. The second kappa shape index (κ2) is 6.89. The van der Waals surface area contributed by atoms with E-state index in [0.29, 0.717) is 6.54 Å². The van der Waals surface area contributed by atoms with Gasteiger partial charge in [-0.2, -0.15) is 0 Å². The van der Waals surface area contributed by atoms with E-state index >= 15 is 0 Å². The molecule has 3 heterocycles. The van der Waals surface area contributed by atoms with Crippen molar-refractivity contribution in [2.75, 3.05) is 31.1 Å². The molecule has 1 aromatic rings. The highest BCUT2D eigenvalue weighted by molar-refractivity contribution is 5.88. The van der Waals surface area contributed by atoms with Crippen LogP contribution in [0.1, 0.15) is 44.1 Å². The smallest absolute Gasteiger partial charge is 0.307 e. The number of amides is 1. The summed E-state index contributed by atoms with van der Waals surface area (Å²) in [6.07, 6.45) is 8.66. The van der Waals surface area contributed by atoms with Crippen molar-refractivity contribution in [1.82, 2.24) is 9.88 Å². The lowest BCUT2D eigenvalue weighted by atomic mass is 9.84. The number of rotatable bonds is 2. The number of nitrogens with zero attached hydrogens (tertiary/aromatic N) is 3. The van der Waals surface area contributed by atoms with Gasteiger partial charge in [-0.1, -0.05) is 0 Å². The molecule has 0 radical (unpaired) electrons. The van der Waals surface area contributed by atoms with E-state index in [-0.39, 0.29) is 24.2 Å². The van der Waals surface area contributed by atoms with Crippen LogP contribution in [0.2, 0.25) is 0 Å². The fraction of sp³-hybridized carbons (Fsp3) is 0.650. The molecule has 1 spiro atoms. The van der Waals surface area contributed by atoms with Crippen LogP contribution in [-0.2, 0) is 14.3 Å². The number of aryl methyl sites for hydroxylation is 1. The Morgan fingerprint density at radius 2 is 2.00 bits per heavy atom. The van der Waals surface area contributed by atoms with Gasteiger partial charge < -0.3 is 14.5 Å². The molecule has 1 amide bonds. The van der Waals surface area contributed by atoms with Crippen LogP contribution in [0.25, 0.3) is 0 Å². The van der Waals surface area contributed by atoms with E-state index in [1.165, 1.54) is 5.69 Å². The molecular formula is C20H27N3O3. The van der Waals surface area contributed by atoms with Crippen LogP contribution in [-0.4, -0.2) is 53.5 Å². The maximum absolute atomic E-state index is 13.2. The number of aromatic nitrogens is 1. The first kappa shape index (κ1) is 17.3. The van der Waals surface area contributed by atoms with Crippen molar-refractivity contribution in [1.29, 1.82) is 0 Å². The molecule has 0 bridgehead atoms. The number of carbonyl (C=O) groups is 2. The first-order chi connectivity index (χ1) is 12.6. The summed E-state index contributed by atoms with van der Waals surface area (Å²) in [6.45, 7) is 5.26. The molecular weight excluding hydrogens is 330 g/mol. The third kappa shape index (κ3) is 3.06. The molecule has 140 valence electrons. The van der Waals surface area contributed by atoms with Gasteiger partial charge in [-0.25, -0.2) is 0 Å². The van der Waals surface area contributed by atoms with Crippen molar-refractivity contribution in [2.24, 2.45) is 5.92 Å². The van der Waals surface area contributed by atoms with Crippen LogP contribution in [0.4, 0.5) is 5.69 Å². The quantitative estimate of drug-likeness (QED) is 0.760. The van der Waals surface area contributed by atoms with Gasteiger partial charge in [0.05, 0.1) is 12.3 Å². The molecule has 1 saturated carbocycles. The second-order valence-corrected chi connectivity index (χ2v) is 7.83. The summed E-state index contributed by atoms with van der Waals surface area (Å²) in [7, 11) is 0. The van der Waals surface area contributed by atoms with E-state index in [2.05, 4.69) is 16.8 Å². The van der Waals surface area contributed by atoms with Gasteiger partial charge in [0, 0.05) is 44.3 Å². The standard InChI is InChI=1S/C20H27N3O3/c1-15-14-21-8-5-17(15)22-9-4-10-23(12-11-22)19(25)16-13-18(24)26-20(16)6-2-3-7-20/h5,8,14,16H,2-4,6-7,9-13H2,1H3. The number of esters is 1. The maximum atomic E-state index is 13.2.